The number of rotatable bonds is 3. The van der Waals surface area contributed by atoms with Crippen LogP contribution in [0.5, 0.6) is 0 Å². The minimum absolute atomic E-state index is 0.0467. The van der Waals surface area contributed by atoms with E-state index in [1.807, 2.05) is 30.1 Å². The Hall–Kier alpha value is -1.81. The number of aliphatic hydroxyl groups excluding tert-OH is 1. The zero-order chi connectivity index (χ0) is 11.5. The molecule has 16 heavy (non-hydrogen) atoms. The highest BCUT2D eigenvalue weighted by atomic mass is 16.4. The standard InChI is InChI=1S/C12H13NO3/c1-13(6-7-14)10-8-12(15)16-11-5-3-2-4-9(10)11/h2-5,8,14H,6-7H2,1H3. The van der Waals surface area contributed by atoms with Crippen LogP contribution in [-0.4, -0.2) is 25.3 Å². The van der Waals surface area contributed by atoms with E-state index in [0.29, 0.717) is 12.1 Å². The fourth-order valence-electron chi connectivity index (χ4n) is 1.68. The summed E-state index contributed by atoms with van der Waals surface area (Å²) in [5.41, 5.74) is 0.967. The average molecular weight is 219 g/mol. The first-order valence-electron chi connectivity index (χ1n) is 5.07. The van der Waals surface area contributed by atoms with Gasteiger partial charge in [0.15, 0.2) is 0 Å². The second-order valence-corrected chi connectivity index (χ2v) is 3.59. The lowest BCUT2D eigenvalue weighted by molar-refractivity contribution is 0.304. The summed E-state index contributed by atoms with van der Waals surface area (Å²) in [6.45, 7) is 0.526. The van der Waals surface area contributed by atoms with E-state index >= 15 is 0 Å². The van der Waals surface area contributed by atoms with Crippen molar-refractivity contribution in [3.8, 4) is 0 Å². The highest BCUT2D eigenvalue weighted by Crippen LogP contribution is 2.23. The molecule has 0 atom stereocenters. The summed E-state index contributed by atoms with van der Waals surface area (Å²) >= 11 is 0. The van der Waals surface area contributed by atoms with Crippen LogP contribution in [0.2, 0.25) is 0 Å². The van der Waals surface area contributed by atoms with Crippen molar-refractivity contribution >= 4 is 16.7 Å². The van der Waals surface area contributed by atoms with Crippen LogP contribution in [0.15, 0.2) is 39.5 Å². The van der Waals surface area contributed by atoms with Crippen LogP contribution in [0.4, 0.5) is 5.69 Å². The van der Waals surface area contributed by atoms with E-state index < -0.39 is 0 Å². The van der Waals surface area contributed by atoms with Gasteiger partial charge in [-0.15, -0.1) is 0 Å². The molecule has 0 unspecified atom stereocenters. The van der Waals surface area contributed by atoms with Gasteiger partial charge in [0.2, 0.25) is 0 Å². The van der Waals surface area contributed by atoms with Crippen LogP contribution in [0.25, 0.3) is 11.0 Å². The van der Waals surface area contributed by atoms with Crippen molar-refractivity contribution in [2.24, 2.45) is 0 Å². The van der Waals surface area contributed by atoms with Crippen molar-refractivity contribution in [1.82, 2.24) is 0 Å². The number of likely N-dealkylation sites (N-methyl/N-ethyl adjacent to an activating group) is 1. The van der Waals surface area contributed by atoms with Crippen LogP contribution in [0.3, 0.4) is 0 Å². The Morgan fingerprint density at radius 3 is 2.88 bits per heavy atom. The maximum Gasteiger partial charge on any atom is 0.338 e. The molecule has 1 N–H and O–H groups in total. The molecule has 0 aliphatic heterocycles. The number of hydrogen-bond donors (Lipinski definition) is 1. The van der Waals surface area contributed by atoms with Crippen LogP contribution in [-0.2, 0) is 0 Å². The molecular formula is C12H13NO3. The first-order chi connectivity index (χ1) is 7.72. The van der Waals surface area contributed by atoms with Gasteiger partial charge in [-0.1, -0.05) is 12.1 Å². The van der Waals surface area contributed by atoms with Gasteiger partial charge in [0.25, 0.3) is 0 Å². The van der Waals surface area contributed by atoms with Gasteiger partial charge in [0, 0.05) is 25.0 Å². The first-order valence-corrected chi connectivity index (χ1v) is 5.07. The van der Waals surface area contributed by atoms with Gasteiger partial charge < -0.3 is 14.4 Å². The molecule has 2 rings (SSSR count). The van der Waals surface area contributed by atoms with Crippen molar-refractivity contribution in [3.63, 3.8) is 0 Å². The van der Waals surface area contributed by atoms with Crippen LogP contribution in [0, 0.1) is 0 Å². The maximum atomic E-state index is 11.4. The highest BCUT2D eigenvalue weighted by molar-refractivity contribution is 5.89. The molecule has 1 heterocycles. The van der Waals surface area contributed by atoms with E-state index in [2.05, 4.69) is 0 Å². The third-order valence-corrected chi connectivity index (χ3v) is 2.47. The monoisotopic (exact) mass is 219 g/mol. The second-order valence-electron chi connectivity index (χ2n) is 3.59. The van der Waals surface area contributed by atoms with Gasteiger partial charge in [0.05, 0.1) is 12.3 Å². The molecule has 0 saturated heterocycles. The third kappa shape index (κ3) is 1.92. The predicted octanol–water partition coefficient (Wildman–Crippen LogP) is 1.22. The Labute approximate surface area is 92.7 Å². The van der Waals surface area contributed by atoms with Crippen molar-refractivity contribution in [2.75, 3.05) is 25.1 Å². The summed E-state index contributed by atoms with van der Waals surface area (Å²) in [4.78, 5) is 13.2. The summed E-state index contributed by atoms with van der Waals surface area (Å²) in [7, 11) is 1.83. The van der Waals surface area contributed by atoms with E-state index in [0.717, 1.165) is 11.1 Å². The molecule has 4 nitrogen and oxygen atoms in total. The van der Waals surface area contributed by atoms with Crippen molar-refractivity contribution in [2.45, 2.75) is 0 Å². The van der Waals surface area contributed by atoms with Crippen molar-refractivity contribution in [3.05, 3.63) is 40.8 Å². The average Bonchev–Trinajstić information content (AvgIpc) is 2.28. The Kier molecular flexibility index (Phi) is 2.92. The summed E-state index contributed by atoms with van der Waals surface area (Å²) in [5.74, 6) is 0. The lowest BCUT2D eigenvalue weighted by Gasteiger charge is -2.18. The summed E-state index contributed by atoms with van der Waals surface area (Å²) in [6, 6.07) is 8.80. The normalized spacial score (nSPS) is 10.6. The Balaban J connectivity index is 2.63. The molecule has 0 radical (unpaired) electrons. The van der Waals surface area contributed by atoms with Gasteiger partial charge in [-0.05, 0) is 12.1 Å². The molecule has 0 fully saturated rings. The molecule has 1 aromatic carbocycles. The van der Waals surface area contributed by atoms with Gasteiger partial charge in [0.1, 0.15) is 5.58 Å². The summed E-state index contributed by atoms with van der Waals surface area (Å²) in [5, 5.41) is 9.77. The van der Waals surface area contributed by atoms with Crippen LogP contribution < -0.4 is 10.5 Å². The largest absolute Gasteiger partial charge is 0.423 e. The van der Waals surface area contributed by atoms with Gasteiger partial charge in [-0.25, -0.2) is 4.79 Å². The van der Waals surface area contributed by atoms with Crippen LogP contribution >= 0.6 is 0 Å². The molecule has 4 heteroatoms. The van der Waals surface area contributed by atoms with E-state index in [-0.39, 0.29) is 12.2 Å². The Morgan fingerprint density at radius 1 is 1.38 bits per heavy atom. The fourth-order valence-corrected chi connectivity index (χ4v) is 1.68. The lowest BCUT2D eigenvalue weighted by Crippen LogP contribution is -2.22. The number of para-hydroxylation sites is 1. The number of fused-ring (bicyclic) bond motifs is 1. The van der Waals surface area contributed by atoms with Gasteiger partial charge in [-0.3, -0.25) is 0 Å². The number of benzene rings is 1. The highest BCUT2D eigenvalue weighted by Gasteiger charge is 2.08. The van der Waals surface area contributed by atoms with E-state index in [1.54, 1.807) is 6.07 Å². The smallest absolute Gasteiger partial charge is 0.338 e. The number of anilines is 1. The lowest BCUT2D eigenvalue weighted by atomic mass is 10.2. The van der Waals surface area contributed by atoms with E-state index in [4.69, 9.17) is 9.52 Å². The van der Waals surface area contributed by atoms with Gasteiger partial charge in [-0.2, -0.15) is 0 Å². The molecule has 1 aromatic heterocycles. The molecule has 84 valence electrons. The zero-order valence-electron chi connectivity index (χ0n) is 9.01. The molecule has 0 bridgehead atoms. The number of nitrogens with zero attached hydrogens (tertiary/aromatic N) is 1. The predicted molar refractivity (Wildman–Crippen MR) is 62.8 cm³/mol. The number of aliphatic hydroxyl groups is 1. The van der Waals surface area contributed by atoms with Crippen molar-refractivity contribution in [1.29, 1.82) is 0 Å². The molecular weight excluding hydrogens is 206 g/mol. The van der Waals surface area contributed by atoms with E-state index in [9.17, 15) is 4.79 Å². The molecule has 0 spiro atoms. The Morgan fingerprint density at radius 2 is 2.12 bits per heavy atom. The molecule has 0 aliphatic rings. The topological polar surface area (TPSA) is 53.7 Å². The van der Waals surface area contributed by atoms with E-state index in [1.165, 1.54) is 6.07 Å². The molecule has 2 aromatic rings. The molecule has 0 aliphatic carbocycles. The summed E-state index contributed by atoms with van der Waals surface area (Å²) in [6.07, 6.45) is 0. The maximum absolute atomic E-state index is 11.4. The minimum atomic E-state index is -0.376. The first kappa shape index (κ1) is 10.7. The summed E-state index contributed by atoms with van der Waals surface area (Å²) < 4.78 is 5.09. The van der Waals surface area contributed by atoms with Crippen molar-refractivity contribution < 1.29 is 9.52 Å². The Bertz CT molecular complexity index is 547. The van der Waals surface area contributed by atoms with Crippen LogP contribution in [0.1, 0.15) is 0 Å². The number of hydrogen-bond acceptors (Lipinski definition) is 4. The fraction of sp³-hybridized carbons (Fsp3) is 0.250. The SMILES string of the molecule is CN(CCO)c1cc(=O)oc2ccccc12. The quantitative estimate of drug-likeness (QED) is 0.789. The van der Waals surface area contributed by atoms with Gasteiger partial charge >= 0.3 is 5.63 Å². The third-order valence-electron chi connectivity index (χ3n) is 2.47. The molecule has 0 saturated carbocycles. The zero-order valence-corrected chi connectivity index (χ0v) is 9.01. The minimum Gasteiger partial charge on any atom is -0.423 e. The second kappa shape index (κ2) is 4.37. The molecule has 0 amide bonds.